The molecule has 0 radical (unpaired) electrons. The Morgan fingerprint density at radius 2 is 2.05 bits per heavy atom. The molecule has 7 nitrogen and oxygen atoms in total. The zero-order valence-corrected chi connectivity index (χ0v) is 10.7. The molecule has 20 heavy (non-hydrogen) atoms. The second-order valence-corrected chi connectivity index (χ2v) is 4.73. The molecule has 1 aliphatic heterocycles. The highest BCUT2D eigenvalue weighted by atomic mass is 16.4. The Bertz CT molecular complexity index is 716. The van der Waals surface area contributed by atoms with Crippen LogP contribution in [-0.4, -0.2) is 28.3 Å². The molecular weight excluding hydrogens is 258 g/mol. The maximum absolute atomic E-state index is 5.66. The molecule has 0 spiro atoms. The highest BCUT2D eigenvalue weighted by molar-refractivity contribution is 5.79. The molecule has 0 unspecified atom stereocenters. The van der Waals surface area contributed by atoms with Gasteiger partial charge in [0.2, 0.25) is 6.39 Å². The third-order valence-corrected chi connectivity index (χ3v) is 3.42. The lowest BCUT2D eigenvalue weighted by Gasteiger charge is -2.16. The molecule has 0 atom stereocenters. The van der Waals surface area contributed by atoms with Gasteiger partial charge in [-0.05, 0) is 25.0 Å². The van der Waals surface area contributed by atoms with E-state index in [0.29, 0.717) is 6.01 Å². The van der Waals surface area contributed by atoms with Crippen LogP contribution in [0.1, 0.15) is 12.8 Å². The molecule has 1 saturated heterocycles. The first-order valence-electron chi connectivity index (χ1n) is 6.57. The first-order valence-corrected chi connectivity index (χ1v) is 6.57. The van der Waals surface area contributed by atoms with Crippen LogP contribution in [0.2, 0.25) is 0 Å². The number of aromatic nitrogens is 3. The monoisotopic (exact) mass is 271 g/mol. The van der Waals surface area contributed by atoms with Crippen LogP contribution in [0.25, 0.3) is 11.1 Å². The summed E-state index contributed by atoms with van der Waals surface area (Å²) in [4.78, 5) is 6.69. The molecule has 7 heteroatoms. The minimum absolute atomic E-state index is 0.260. The third kappa shape index (κ3) is 1.97. The van der Waals surface area contributed by atoms with Gasteiger partial charge in [-0.3, -0.25) is 5.32 Å². The van der Waals surface area contributed by atoms with Crippen molar-refractivity contribution in [1.82, 2.24) is 15.2 Å². The Morgan fingerprint density at radius 1 is 1.15 bits per heavy atom. The largest absolute Gasteiger partial charge is 0.423 e. The van der Waals surface area contributed by atoms with Crippen LogP contribution in [0.15, 0.2) is 33.4 Å². The molecule has 0 aliphatic carbocycles. The summed E-state index contributed by atoms with van der Waals surface area (Å²) >= 11 is 0. The van der Waals surface area contributed by atoms with Crippen LogP contribution >= 0.6 is 0 Å². The normalized spacial score (nSPS) is 15.1. The zero-order chi connectivity index (χ0) is 13.4. The van der Waals surface area contributed by atoms with E-state index >= 15 is 0 Å². The summed E-state index contributed by atoms with van der Waals surface area (Å²) < 4.78 is 10.7. The van der Waals surface area contributed by atoms with E-state index in [9.17, 15) is 0 Å². The average molecular weight is 271 g/mol. The van der Waals surface area contributed by atoms with Crippen LogP contribution in [-0.2, 0) is 0 Å². The maximum Gasteiger partial charge on any atom is 0.323 e. The summed E-state index contributed by atoms with van der Waals surface area (Å²) in [6.07, 6.45) is 3.74. The van der Waals surface area contributed by atoms with E-state index in [2.05, 4.69) is 31.5 Å². The van der Waals surface area contributed by atoms with Crippen molar-refractivity contribution >= 4 is 28.8 Å². The quantitative estimate of drug-likeness (QED) is 0.784. The van der Waals surface area contributed by atoms with Crippen molar-refractivity contribution < 1.29 is 8.83 Å². The third-order valence-electron chi connectivity index (χ3n) is 3.42. The smallest absolute Gasteiger partial charge is 0.323 e. The Kier molecular flexibility index (Phi) is 2.55. The first-order chi connectivity index (χ1) is 9.88. The average Bonchev–Trinajstić information content (AvgIpc) is 3.19. The van der Waals surface area contributed by atoms with Gasteiger partial charge in [0.1, 0.15) is 5.52 Å². The summed E-state index contributed by atoms with van der Waals surface area (Å²) in [5.41, 5.74) is 2.72. The summed E-state index contributed by atoms with van der Waals surface area (Å²) in [6, 6.07) is 6.67. The van der Waals surface area contributed by atoms with E-state index in [1.54, 1.807) is 0 Å². The van der Waals surface area contributed by atoms with E-state index < -0.39 is 0 Å². The molecule has 0 amide bonds. The number of rotatable bonds is 3. The topological polar surface area (TPSA) is 80.2 Å². The minimum atomic E-state index is 0.260. The van der Waals surface area contributed by atoms with Crippen LogP contribution in [0.4, 0.5) is 17.7 Å². The fourth-order valence-corrected chi connectivity index (χ4v) is 2.46. The summed E-state index contributed by atoms with van der Waals surface area (Å²) in [6.45, 7) is 2.21. The fraction of sp³-hybridized carbons (Fsp3) is 0.308. The molecule has 1 aliphatic rings. The van der Waals surface area contributed by atoms with Crippen molar-refractivity contribution in [2.45, 2.75) is 12.8 Å². The van der Waals surface area contributed by atoms with Gasteiger partial charge in [0.05, 0.1) is 0 Å². The van der Waals surface area contributed by atoms with Crippen LogP contribution in [0.3, 0.4) is 0 Å². The second kappa shape index (κ2) is 4.52. The molecule has 2 aromatic heterocycles. The van der Waals surface area contributed by atoms with Crippen LogP contribution < -0.4 is 10.2 Å². The predicted molar refractivity (Wildman–Crippen MR) is 73.0 cm³/mol. The van der Waals surface area contributed by atoms with Crippen molar-refractivity contribution in [3.63, 3.8) is 0 Å². The van der Waals surface area contributed by atoms with Crippen molar-refractivity contribution in [3.8, 4) is 0 Å². The molecule has 4 rings (SSSR count). The van der Waals surface area contributed by atoms with Crippen LogP contribution in [0, 0.1) is 0 Å². The summed E-state index contributed by atoms with van der Waals surface area (Å²) in [5.74, 6) is 0. The van der Waals surface area contributed by atoms with Crippen molar-refractivity contribution in [2.24, 2.45) is 0 Å². The lowest BCUT2D eigenvalue weighted by molar-refractivity contribution is 0.559. The number of benzene rings is 1. The van der Waals surface area contributed by atoms with E-state index in [4.69, 9.17) is 8.83 Å². The Labute approximate surface area is 114 Å². The number of hydrogen-bond donors (Lipinski definition) is 1. The van der Waals surface area contributed by atoms with Gasteiger partial charge in [-0.25, -0.2) is 0 Å². The van der Waals surface area contributed by atoms with Gasteiger partial charge in [0.15, 0.2) is 5.58 Å². The molecule has 1 fully saturated rings. The molecule has 3 aromatic rings. The lowest BCUT2D eigenvalue weighted by atomic mass is 10.2. The maximum atomic E-state index is 5.66. The molecule has 1 aromatic carbocycles. The van der Waals surface area contributed by atoms with E-state index in [0.717, 1.165) is 24.2 Å². The van der Waals surface area contributed by atoms with Gasteiger partial charge < -0.3 is 13.7 Å². The second-order valence-electron chi connectivity index (χ2n) is 4.73. The summed E-state index contributed by atoms with van der Waals surface area (Å²) in [5, 5.41) is 10.1. The van der Waals surface area contributed by atoms with E-state index in [1.807, 2.05) is 12.1 Å². The number of fused-ring (bicyclic) bond motifs is 1. The minimum Gasteiger partial charge on any atom is -0.423 e. The molecule has 0 saturated carbocycles. The van der Waals surface area contributed by atoms with Crippen LogP contribution in [0.5, 0.6) is 0 Å². The number of anilines is 3. The highest BCUT2D eigenvalue weighted by Gasteiger charge is 2.14. The van der Waals surface area contributed by atoms with Gasteiger partial charge in [-0.2, -0.15) is 4.98 Å². The Hall–Kier alpha value is -2.57. The van der Waals surface area contributed by atoms with Crippen molar-refractivity contribution in [2.75, 3.05) is 23.3 Å². The van der Waals surface area contributed by atoms with Crippen molar-refractivity contribution in [1.29, 1.82) is 0 Å². The van der Waals surface area contributed by atoms with E-state index in [1.165, 1.54) is 24.9 Å². The highest BCUT2D eigenvalue weighted by Crippen LogP contribution is 2.27. The lowest BCUT2D eigenvalue weighted by Crippen LogP contribution is -2.17. The number of hydrogen-bond acceptors (Lipinski definition) is 7. The van der Waals surface area contributed by atoms with Gasteiger partial charge in [0, 0.05) is 24.8 Å². The zero-order valence-electron chi connectivity index (χ0n) is 10.7. The van der Waals surface area contributed by atoms with Gasteiger partial charge >= 0.3 is 12.0 Å². The van der Waals surface area contributed by atoms with Gasteiger partial charge in [-0.15, -0.1) is 5.10 Å². The Morgan fingerprint density at radius 3 is 2.85 bits per heavy atom. The number of nitrogens with one attached hydrogen (secondary N) is 1. The Balaban J connectivity index is 1.65. The van der Waals surface area contributed by atoms with Gasteiger partial charge in [-0.1, -0.05) is 5.10 Å². The number of oxazole rings is 1. The van der Waals surface area contributed by atoms with E-state index in [-0.39, 0.29) is 6.01 Å². The standard InChI is InChI=1S/C13H13N5O2/c1-2-6-18(5-1)9-3-4-10-11(7-9)20-12(15-10)16-13-17-14-8-19-13/h3-4,7-8H,1-2,5-6H2,(H,15,16,17). The molecule has 0 bridgehead atoms. The predicted octanol–water partition coefficient (Wildman–Crippen LogP) is 2.55. The summed E-state index contributed by atoms with van der Waals surface area (Å²) in [7, 11) is 0. The SMILES string of the molecule is c1nnc(Nc2nc3ccc(N4CCCC4)cc3o2)o1. The molecule has 1 N–H and O–H groups in total. The first kappa shape index (κ1) is 11.3. The molecular formula is C13H13N5O2. The molecule has 102 valence electrons. The fourth-order valence-electron chi connectivity index (χ4n) is 2.46. The number of nitrogens with zero attached hydrogens (tertiary/aromatic N) is 4. The van der Waals surface area contributed by atoms with Crippen molar-refractivity contribution in [3.05, 3.63) is 24.6 Å². The molecule has 3 heterocycles. The van der Waals surface area contributed by atoms with Gasteiger partial charge in [0.25, 0.3) is 0 Å².